The van der Waals surface area contributed by atoms with Crippen LogP contribution >= 0.6 is 23.1 Å². The van der Waals surface area contributed by atoms with Crippen molar-refractivity contribution in [3.8, 4) is 0 Å². The fourth-order valence-electron chi connectivity index (χ4n) is 3.62. The van der Waals surface area contributed by atoms with Crippen molar-refractivity contribution in [3.05, 3.63) is 52.9 Å². The maximum absolute atomic E-state index is 14.4. The molecule has 1 atom stereocenters. The second-order valence-electron chi connectivity index (χ2n) is 6.96. The van der Waals surface area contributed by atoms with Crippen LogP contribution in [0, 0.1) is 5.82 Å². The first-order valence-corrected chi connectivity index (χ1v) is 12.7. The molecule has 0 amide bonds. The maximum Gasteiger partial charge on any atom is 0.346 e. The second kappa shape index (κ2) is 8.12. The number of carboxylic acid groups (broad SMARTS) is 1. The summed E-state index contributed by atoms with van der Waals surface area (Å²) in [6.07, 6.45) is 2.16. The van der Waals surface area contributed by atoms with Crippen LogP contribution in [-0.2, 0) is 22.1 Å². The minimum absolute atomic E-state index is 0.0382. The Labute approximate surface area is 180 Å². The molecule has 0 aliphatic carbocycles. The van der Waals surface area contributed by atoms with Crippen molar-refractivity contribution in [2.75, 3.05) is 11.5 Å². The summed E-state index contributed by atoms with van der Waals surface area (Å²) >= 11 is 2.29. The Balaban J connectivity index is 1.67. The quantitative estimate of drug-likeness (QED) is 0.417. The van der Waals surface area contributed by atoms with E-state index in [1.54, 1.807) is 22.8 Å². The van der Waals surface area contributed by atoms with Crippen molar-refractivity contribution in [1.29, 1.82) is 0 Å². The molecule has 1 fully saturated rings. The molecule has 1 saturated heterocycles. The number of benzene rings is 1. The molecular weight excluding hydrogens is 449 g/mol. The van der Waals surface area contributed by atoms with E-state index in [2.05, 4.69) is 16.8 Å². The first-order chi connectivity index (χ1) is 14.3. The standard InChI is InChI=1S/C19H18FN3O4S3/c1-2-7-23-17(11-6-8-30(26,27)10-11)21-22-19(23)28-9-12-15-13(20)4-3-5-14(15)29-16(12)18(24)25/h2-5,11H,1,6-10H2,(H,24,25)/t11-/m0/s1. The molecule has 1 aliphatic heterocycles. The molecule has 1 aromatic carbocycles. The Morgan fingerprint density at radius 1 is 1.43 bits per heavy atom. The number of fused-ring (bicyclic) bond motifs is 1. The minimum atomic E-state index is -3.08. The lowest BCUT2D eigenvalue weighted by Gasteiger charge is -2.11. The number of thiophene rings is 1. The van der Waals surface area contributed by atoms with E-state index in [1.807, 2.05) is 0 Å². The van der Waals surface area contributed by atoms with E-state index in [0.717, 1.165) is 11.3 Å². The van der Waals surface area contributed by atoms with Crippen LogP contribution in [0.25, 0.3) is 10.1 Å². The maximum atomic E-state index is 14.4. The van der Waals surface area contributed by atoms with Gasteiger partial charge in [0.1, 0.15) is 16.5 Å². The van der Waals surface area contributed by atoms with Crippen LogP contribution in [-0.4, -0.2) is 45.8 Å². The number of allylic oxidation sites excluding steroid dienone is 1. The summed E-state index contributed by atoms with van der Waals surface area (Å²) in [4.78, 5) is 11.8. The molecule has 0 spiro atoms. The molecular formula is C19H18FN3O4S3. The number of thioether (sulfide) groups is 1. The van der Waals surface area contributed by atoms with Crippen molar-refractivity contribution < 1.29 is 22.7 Å². The highest BCUT2D eigenvalue weighted by molar-refractivity contribution is 7.98. The van der Waals surface area contributed by atoms with E-state index in [1.165, 1.54) is 17.8 Å². The van der Waals surface area contributed by atoms with E-state index in [9.17, 15) is 22.7 Å². The summed E-state index contributed by atoms with van der Waals surface area (Å²) < 4.78 is 40.5. The average Bonchev–Trinajstić information content (AvgIpc) is 3.36. The van der Waals surface area contributed by atoms with Gasteiger partial charge in [-0.25, -0.2) is 17.6 Å². The predicted octanol–water partition coefficient (Wildman–Crippen LogP) is 3.71. The van der Waals surface area contributed by atoms with E-state index in [0.29, 0.717) is 39.6 Å². The predicted molar refractivity (Wildman–Crippen MR) is 115 cm³/mol. The van der Waals surface area contributed by atoms with Gasteiger partial charge in [0.05, 0.1) is 11.5 Å². The highest BCUT2D eigenvalue weighted by Gasteiger charge is 2.33. The molecule has 11 heteroatoms. The summed E-state index contributed by atoms with van der Waals surface area (Å²) in [5.74, 6) is -0.850. The van der Waals surface area contributed by atoms with E-state index >= 15 is 0 Å². The number of rotatable bonds is 7. The lowest BCUT2D eigenvalue weighted by atomic mass is 10.1. The first-order valence-electron chi connectivity index (χ1n) is 9.11. The molecule has 30 heavy (non-hydrogen) atoms. The van der Waals surface area contributed by atoms with Crippen molar-refractivity contribution in [1.82, 2.24) is 14.8 Å². The minimum Gasteiger partial charge on any atom is -0.477 e. The number of hydrogen-bond acceptors (Lipinski definition) is 7. The van der Waals surface area contributed by atoms with Gasteiger partial charge >= 0.3 is 5.97 Å². The molecule has 3 heterocycles. The van der Waals surface area contributed by atoms with Crippen LogP contribution in [0.3, 0.4) is 0 Å². The van der Waals surface area contributed by atoms with Crippen LogP contribution in [0.4, 0.5) is 4.39 Å². The molecule has 3 aromatic rings. The number of carbonyl (C=O) groups is 1. The van der Waals surface area contributed by atoms with E-state index in [4.69, 9.17) is 0 Å². The largest absolute Gasteiger partial charge is 0.477 e. The summed E-state index contributed by atoms with van der Waals surface area (Å²) in [5, 5.41) is 18.8. The van der Waals surface area contributed by atoms with Crippen LogP contribution < -0.4 is 0 Å². The van der Waals surface area contributed by atoms with Gasteiger partial charge in [-0.2, -0.15) is 0 Å². The Morgan fingerprint density at radius 2 is 2.23 bits per heavy atom. The van der Waals surface area contributed by atoms with E-state index in [-0.39, 0.29) is 28.1 Å². The van der Waals surface area contributed by atoms with Crippen LogP contribution in [0.15, 0.2) is 36.0 Å². The Bertz CT molecular complexity index is 1250. The SMILES string of the molecule is C=CCn1c(SCc2c(C(=O)O)sc3cccc(F)c23)nnc1[C@H]1CCS(=O)(=O)C1. The lowest BCUT2D eigenvalue weighted by molar-refractivity contribution is 0.0701. The fourth-order valence-corrected chi connectivity index (χ4v) is 7.51. The van der Waals surface area contributed by atoms with Crippen molar-refractivity contribution in [2.24, 2.45) is 0 Å². The van der Waals surface area contributed by atoms with Gasteiger partial charge in [-0.1, -0.05) is 23.9 Å². The summed E-state index contributed by atoms with van der Waals surface area (Å²) in [6, 6.07) is 4.57. The fraction of sp³-hybridized carbons (Fsp3) is 0.316. The van der Waals surface area contributed by atoms with Crippen molar-refractivity contribution in [2.45, 2.75) is 29.8 Å². The number of nitrogens with zero attached hydrogens (tertiary/aromatic N) is 3. The van der Waals surface area contributed by atoms with Crippen LogP contribution in [0.2, 0.25) is 0 Å². The molecule has 7 nitrogen and oxygen atoms in total. The molecule has 0 unspecified atom stereocenters. The third kappa shape index (κ3) is 3.88. The highest BCUT2D eigenvalue weighted by Crippen LogP contribution is 2.37. The molecule has 0 saturated carbocycles. The van der Waals surface area contributed by atoms with Gasteiger partial charge in [-0.3, -0.25) is 0 Å². The lowest BCUT2D eigenvalue weighted by Crippen LogP contribution is -2.11. The molecule has 1 N–H and O–H groups in total. The summed E-state index contributed by atoms with van der Waals surface area (Å²) in [7, 11) is -3.08. The van der Waals surface area contributed by atoms with Crippen LogP contribution in [0.1, 0.15) is 33.4 Å². The van der Waals surface area contributed by atoms with Gasteiger partial charge in [0.25, 0.3) is 0 Å². The van der Waals surface area contributed by atoms with Gasteiger partial charge in [0.15, 0.2) is 15.0 Å². The normalized spacial score (nSPS) is 18.1. The Morgan fingerprint density at radius 3 is 2.90 bits per heavy atom. The Hall–Kier alpha value is -2.24. The van der Waals surface area contributed by atoms with Gasteiger partial charge in [-0.15, -0.1) is 28.1 Å². The van der Waals surface area contributed by atoms with Gasteiger partial charge in [0.2, 0.25) is 0 Å². The topological polar surface area (TPSA) is 102 Å². The smallest absolute Gasteiger partial charge is 0.346 e. The average molecular weight is 468 g/mol. The van der Waals surface area contributed by atoms with Gasteiger partial charge < -0.3 is 9.67 Å². The zero-order chi connectivity index (χ0) is 21.5. The zero-order valence-electron chi connectivity index (χ0n) is 15.7. The number of aromatic carboxylic acids is 1. The molecule has 158 valence electrons. The third-order valence-electron chi connectivity index (χ3n) is 4.96. The number of halogens is 1. The zero-order valence-corrected chi connectivity index (χ0v) is 18.2. The first kappa shape index (κ1) is 21.0. The molecule has 0 radical (unpaired) electrons. The van der Waals surface area contributed by atoms with Crippen molar-refractivity contribution in [3.63, 3.8) is 0 Å². The monoisotopic (exact) mass is 467 g/mol. The highest BCUT2D eigenvalue weighted by atomic mass is 32.2. The molecule has 1 aliphatic rings. The Kier molecular flexibility index (Phi) is 5.69. The van der Waals surface area contributed by atoms with Gasteiger partial charge in [0, 0.05) is 28.3 Å². The molecule has 4 rings (SSSR count). The summed E-state index contributed by atoms with van der Waals surface area (Å²) in [5.41, 5.74) is 0.406. The number of hydrogen-bond donors (Lipinski definition) is 1. The molecule has 0 bridgehead atoms. The van der Waals surface area contributed by atoms with Crippen molar-refractivity contribution >= 4 is 49.0 Å². The number of sulfone groups is 1. The van der Waals surface area contributed by atoms with Gasteiger partial charge in [-0.05, 0) is 24.1 Å². The molecule has 2 aromatic heterocycles. The van der Waals surface area contributed by atoms with Crippen LogP contribution in [0.5, 0.6) is 0 Å². The number of aromatic nitrogens is 3. The summed E-state index contributed by atoms with van der Waals surface area (Å²) in [6.45, 7) is 4.14. The third-order valence-corrected chi connectivity index (χ3v) is 8.90. The van der Waals surface area contributed by atoms with E-state index < -0.39 is 21.6 Å². The number of carboxylic acids is 1. The second-order valence-corrected chi connectivity index (χ2v) is 11.2.